The molecule has 2 aromatic rings. The number of rotatable bonds is 3. The number of hydrogen-bond donors (Lipinski definition) is 2. The third-order valence-corrected chi connectivity index (χ3v) is 2.08. The van der Waals surface area contributed by atoms with Gasteiger partial charge in [0.1, 0.15) is 6.04 Å². The maximum absolute atomic E-state index is 11.7. The summed E-state index contributed by atoms with van der Waals surface area (Å²) in [6.45, 7) is -0.171. The van der Waals surface area contributed by atoms with Crippen LogP contribution in [0.1, 0.15) is 0 Å². The van der Waals surface area contributed by atoms with Crippen molar-refractivity contribution in [3.05, 3.63) is 29.1 Å². The molecule has 0 spiro atoms. The van der Waals surface area contributed by atoms with E-state index in [0.717, 1.165) is 4.68 Å². The number of carboxylic acids is 1. The van der Waals surface area contributed by atoms with Crippen molar-refractivity contribution in [3.63, 3.8) is 0 Å². The lowest BCUT2D eigenvalue weighted by Crippen LogP contribution is -2.38. The average Bonchev–Trinajstić information content (AvgIpc) is 2.56. The maximum Gasteiger partial charge on any atom is 0.350 e. The van der Waals surface area contributed by atoms with Crippen LogP contribution in [0.2, 0.25) is 0 Å². The van der Waals surface area contributed by atoms with Crippen molar-refractivity contribution in [1.29, 1.82) is 0 Å². The quantitative estimate of drug-likeness (QED) is 0.641. The number of carboxylic acid groups (broad SMARTS) is 1. The van der Waals surface area contributed by atoms with Gasteiger partial charge in [-0.05, 0) is 0 Å². The molecule has 2 heterocycles. The first-order valence-electron chi connectivity index (χ1n) is 4.47. The number of nitrogens with two attached hydrogens (primary N) is 1. The van der Waals surface area contributed by atoms with E-state index in [1.807, 2.05) is 0 Å². The van der Waals surface area contributed by atoms with Crippen LogP contribution >= 0.6 is 0 Å². The van der Waals surface area contributed by atoms with Crippen LogP contribution in [0, 0.1) is 0 Å². The van der Waals surface area contributed by atoms with Gasteiger partial charge in [-0.15, -0.1) is 5.10 Å². The van der Waals surface area contributed by atoms with Crippen molar-refractivity contribution in [3.8, 4) is 0 Å². The minimum absolute atomic E-state index is 0.171. The van der Waals surface area contributed by atoms with Crippen molar-refractivity contribution < 1.29 is 9.90 Å². The van der Waals surface area contributed by atoms with Crippen molar-refractivity contribution in [2.45, 2.75) is 12.6 Å². The number of nitrogens with zero attached hydrogens (tertiary/aromatic N) is 4. The van der Waals surface area contributed by atoms with E-state index < -0.39 is 17.7 Å². The molecule has 1 atom stereocenters. The summed E-state index contributed by atoms with van der Waals surface area (Å²) in [6, 6.07) is -1.16. The third kappa shape index (κ3) is 1.65. The van der Waals surface area contributed by atoms with E-state index in [1.54, 1.807) is 0 Å². The molecule has 0 aliphatic rings. The van der Waals surface area contributed by atoms with E-state index in [4.69, 9.17) is 10.8 Å². The minimum atomic E-state index is -1.18. The van der Waals surface area contributed by atoms with Crippen LogP contribution in [0.25, 0.3) is 5.65 Å². The Hall–Kier alpha value is -2.22. The smallest absolute Gasteiger partial charge is 0.350 e. The van der Waals surface area contributed by atoms with Crippen LogP contribution in [0.15, 0.2) is 23.4 Å². The fourth-order valence-corrected chi connectivity index (χ4v) is 1.26. The summed E-state index contributed by atoms with van der Waals surface area (Å²) in [7, 11) is 0. The van der Waals surface area contributed by atoms with Gasteiger partial charge in [-0.2, -0.15) is 0 Å². The summed E-state index contributed by atoms with van der Waals surface area (Å²) >= 11 is 0. The SMILES string of the molecule is NC(Cn1nc2cnccn2c1=O)C(=O)O. The predicted octanol–water partition coefficient (Wildman–Crippen LogP) is -1.70. The normalized spacial score (nSPS) is 12.8. The zero-order valence-electron chi connectivity index (χ0n) is 8.15. The fourth-order valence-electron chi connectivity index (χ4n) is 1.26. The molecule has 0 fully saturated rings. The molecule has 2 aromatic heterocycles. The Labute approximate surface area is 88.9 Å². The highest BCUT2D eigenvalue weighted by molar-refractivity contribution is 5.72. The van der Waals surface area contributed by atoms with Crippen molar-refractivity contribution in [2.75, 3.05) is 0 Å². The molecule has 84 valence electrons. The molecule has 0 aromatic carbocycles. The second-order valence-corrected chi connectivity index (χ2v) is 3.21. The van der Waals surface area contributed by atoms with Crippen LogP contribution in [0.4, 0.5) is 0 Å². The first-order chi connectivity index (χ1) is 7.59. The number of carbonyl (C=O) groups is 1. The summed E-state index contributed by atoms with van der Waals surface area (Å²) in [5.41, 5.74) is 5.23. The van der Waals surface area contributed by atoms with Gasteiger partial charge in [0.05, 0.1) is 12.7 Å². The van der Waals surface area contributed by atoms with Crippen LogP contribution in [-0.4, -0.2) is 36.3 Å². The van der Waals surface area contributed by atoms with Gasteiger partial charge in [0.2, 0.25) is 0 Å². The highest BCUT2D eigenvalue weighted by Crippen LogP contribution is 1.93. The summed E-state index contributed by atoms with van der Waals surface area (Å²) in [5, 5.41) is 12.5. The molecule has 0 saturated carbocycles. The predicted molar refractivity (Wildman–Crippen MR) is 52.9 cm³/mol. The van der Waals surface area contributed by atoms with E-state index in [-0.39, 0.29) is 6.54 Å². The molecule has 0 aliphatic heterocycles. The van der Waals surface area contributed by atoms with Gasteiger partial charge in [-0.1, -0.05) is 0 Å². The first kappa shape index (κ1) is 10.3. The second-order valence-electron chi connectivity index (χ2n) is 3.21. The molecular weight excluding hydrogens is 214 g/mol. The number of aromatic nitrogens is 4. The monoisotopic (exact) mass is 223 g/mol. The zero-order chi connectivity index (χ0) is 11.7. The molecule has 1 unspecified atom stereocenters. The Morgan fingerprint density at radius 1 is 1.62 bits per heavy atom. The van der Waals surface area contributed by atoms with E-state index in [1.165, 1.54) is 23.0 Å². The standard InChI is InChI=1S/C8H9N5O3/c9-5(7(14)15)4-13-8(16)12-2-1-10-3-6(12)11-13/h1-3,5H,4,9H2,(H,14,15). The molecule has 2 rings (SSSR count). The Kier molecular flexibility index (Phi) is 2.41. The topological polar surface area (TPSA) is 116 Å². The summed E-state index contributed by atoms with van der Waals surface area (Å²) in [4.78, 5) is 26.0. The highest BCUT2D eigenvalue weighted by Gasteiger charge is 2.15. The lowest BCUT2D eigenvalue weighted by atomic mass is 10.3. The Morgan fingerprint density at radius 2 is 2.38 bits per heavy atom. The lowest BCUT2D eigenvalue weighted by Gasteiger charge is -2.03. The summed E-state index contributed by atoms with van der Waals surface area (Å²) in [5.74, 6) is -1.18. The molecule has 0 saturated heterocycles. The molecule has 8 heteroatoms. The summed E-state index contributed by atoms with van der Waals surface area (Å²) in [6.07, 6.45) is 4.30. The van der Waals surface area contributed by atoms with Gasteiger partial charge < -0.3 is 10.8 Å². The van der Waals surface area contributed by atoms with Crippen LogP contribution < -0.4 is 11.4 Å². The second kappa shape index (κ2) is 3.74. The minimum Gasteiger partial charge on any atom is -0.480 e. The zero-order valence-corrected chi connectivity index (χ0v) is 8.15. The molecule has 3 N–H and O–H groups in total. The van der Waals surface area contributed by atoms with Gasteiger partial charge in [-0.25, -0.2) is 13.9 Å². The third-order valence-electron chi connectivity index (χ3n) is 2.08. The Balaban J connectivity index is 2.42. The maximum atomic E-state index is 11.7. The van der Waals surface area contributed by atoms with Crippen molar-refractivity contribution >= 4 is 11.6 Å². The van der Waals surface area contributed by atoms with Gasteiger partial charge in [-0.3, -0.25) is 9.78 Å². The number of fused-ring (bicyclic) bond motifs is 1. The molecule has 8 nitrogen and oxygen atoms in total. The molecule has 16 heavy (non-hydrogen) atoms. The molecule has 0 amide bonds. The van der Waals surface area contributed by atoms with Gasteiger partial charge in [0.15, 0.2) is 5.65 Å². The summed E-state index contributed by atoms with van der Waals surface area (Å²) < 4.78 is 2.28. The fraction of sp³-hybridized carbons (Fsp3) is 0.250. The molecule has 0 bridgehead atoms. The molecular formula is C8H9N5O3. The van der Waals surface area contributed by atoms with E-state index >= 15 is 0 Å². The number of hydrogen-bond acceptors (Lipinski definition) is 5. The van der Waals surface area contributed by atoms with Crippen LogP contribution in [0.3, 0.4) is 0 Å². The van der Waals surface area contributed by atoms with Gasteiger partial charge >= 0.3 is 11.7 Å². The Bertz CT molecular complexity index is 587. The van der Waals surface area contributed by atoms with E-state index in [9.17, 15) is 9.59 Å². The molecule has 0 radical (unpaired) electrons. The van der Waals surface area contributed by atoms with Gasteiger partial charge in [0.25, 0.3) is 0 Å². The number of aliphatic carboxylic acids is 1. The van der Waals surface area contributed by atoms with Crippen LogP contribution in [0.5, 0.6) is 0 Å². The average molecular weight is 223 g/mol. The van der Waals surface area contributed by atoms with E-state index in [2.05, 4.69) is 10.1 Å². The first-order valence-corrected chi connectivity index (χ1v) is 4.47. The van der Waals surface area contributed by atoms with E-state index in [0.29, 0.717) is 5.65 Å². The van der Waals surface area contributed by atoms with Gasteiger partial charge in [0, 0.05) is 12.4 Å². The molecule has 0 aliphatic carbocycles. The highest BCUT2D eigenvalue weighted by atomic mass is 16.4. The Morgan fingerprint density at radius 3 is 3.00 bits per heavy atom. The van der Waals surface area contributed by atoms with Crippen LogP contribution in [-0.2, 0) is 11.3 Å². The largest absolute Gasteiger partial charge is 0.480 e. The van der Waals surface area contributed by atoms with Crippen molar-refractivity contribution in [2.24, 2.45) is 5.73 Å². The van der Waals surface area contributed by atoms with Crippen molar-refractivity contribution in [1.82, 2.24) is 19.2 Å². The lowest BCUT2D eigenvalue weighted by molar-refractivity contribution is -0.138.